The van der Waals surface area contributed by atoms with Crippen LogP contribution in [0.25, 0.3) is 11.1 Å². The first-order valence-electron chi connectivity index (χ1n) is 10.1. The average Bonchev–Trinajstić information content (AvgIpc) is 2.79. The molecule has 0 atom stereocenters. The molecule has 3 nitrogen and oxygen atoms in total. The summed E-state index contributed by atoms with van der Waals surface area (Å²) in [6, 6.07) is 12.9. The molecule has 1 aromatic carbocycles. The molecular formula is C26H23ClFN3. The van der Waals surface area contributed by atoms with Gasteiger partial charge in [0.15, 0.2) is 0 Å². The zero-order valence-electron chi connectivity index (χ0n) is 17.6. The van der Waals surface area contributed by atoms with Crippen LogP contribution in [0, 0.1) is 12.7 Å². The highest BCUT2D eigenvalue weighted by molar-refractivity contribution is 6.32. The number of benzene rings is 1. The van der Waals surface area contributed by atoms with E-state index in [9.17, 15) is 4.39 Å². The molecule has 0 saturated carbocycles. The topological polar surface area (TPSA) is 29.0 Å². The summed E-state index contributed by atoms with van der Waals surface area (Å²) in [6.07, 6.45) is 9.11. The highest BCUT2D eigenvalue weighted by Crippen LogP contribution is 2.37. The van der Waals surface area contributed by atoms with E-state index in [1.54, 1.807) is 24.4 Å². The molecule has 0 N–H and O–H groups in total. The van der Waals surface area contributed by atoms with Crippen LogP contribution < -0.4 is 4.90 Å². The molecule has 0 aliphatic heterocycles. The van der Waals surface area contributed by atoms with Crippen molar-refractivity contribution >= 4 is 28.4 Å². The molecule has 3 aromatic rings. The minimum Gasteiger partial charge on any atom is -0.346 e. The molecule has 0 spiro atoms. The predicted octanol–water partition coefficient (Wildman–Crippen LogP) is 6.64. The molecule has 1 aliphatic carbocycles. The summed E-state index contributed by atoms with van der Waals surface area (Å²) >= 11 is 6.28. The fourth-order valence-electron chi connectivity index (χ4n) is 3.85. The number of hydrogen-bond donors (Lipinski definition) is 0. The van der Waals surface area contributed by atoms with Crippen molar-refractivity contribution in [3.63, 3.8) is 0 Å². The first-order valence-corrected chi connectivity index (χ1v) is 10.5. The van der Waals surface area contributed by atoms with Gasteiger partial charge in [-0.3, -0.25) is 9.97 Å². The Kier molecular flexibility index (Phi) is 6.01. The van der Waals surface area contributed by atoms with Gasteiger partial charge in [-0.25, -0.2) is 4.39 Å². The second-order valence-corrected chi connectivity index (χ2v) is 7.87. The minimum atomic E-state index is -0.453. The third-order valence-corrected chi connectivity index (χ3v) is 5.94. The standard InChI is InChI=1S/C26H23ClFN3/c1-4-18(21-8-5-9-23(28)25(21)27)15-22-24(13-11-19-7-6-14-29-26(19)22)31(3)20-12-10-17(2)30-16-20/h4-10,12,14-16H,1,11,13H2,2-3H3/b18-15+. The van der Waals surface area contributed by atoms with Gasteiger partial charge in [0.1, 0.15) is 5.82 Å². The van der Waals surface area contributed by atoms with Gasteiger partial charge in [-0.05, 0) is 61.2 Å². The van der Waals surface area contributed by atoms with Crippen LogP contribution in [-0.4, -0.2) is 17.0 Å². The maximum atomic E-state index is 14.1. The molecule has 0 amide bonds. The highest BCUT2D eigenvalue weighted by Gasteiger charge is 2.23. The third kappa shape index (κ3) is 4.17. The molecule has 2 aromatic heterocycles. The van der Waals surface area contributed by atoms with Gasteiger partial charge in [0.05, 0.1) is 22.6 Å². The number of hydrogen-bond acceptors (Lipinski definition) is 3. The van der Waals surface area contributed by atoms with Crippen LogP contribution in [0.4, 0.5) is 10.1 Å². The van der Waals surface area contributed by atoms with Crippen molar-refractivity contribution in [2.24, 2.45) is 0 Å². The lowest BCUT2D eigenvalue weighted by Crippen LogP contribution is -2.22. The van der Waals surface area contributed by atoms with Crippen molar-refractivity contribution in [3.05, 3.63) is 113 Å². The lowest BCUT2D eigenvalue weighted by Gasteiger charge is -2.29. The molecule has 0 radical (unpaired) electrons. The van der Waals surface area contributed by atoms with Gasteiger partial charge < -0.3 is 4.90 Å². The SMILES string of the molecule is C=C/C(=C\C1=C(N(C)c2ccc(C)nc2)CCc2cccnc21)c1cccc(F)c1Cl. The summed E-state index contributed by atoms with van der Waals surface area (Å²) in [4.78, 5) is 11.3. The van der Waals surface area contributed by atoms with Crippen LogP contribution in [0.1, 0.15) is 28.9 Å². The fraction of sp³-hybridized carbons (Fsp3) is 0.154. The largest absolute Gasteiger partial charge is 0.346 e. The molecule has 2 heterocycles. The lowest BCUT2D eigenvalue weighted by atomic mass is 9.89. The fourth-order valence-corrected chi connectivity index (χ4v) is 4.09. The second kappa shape index (κ2) is 8.86. The number of pyridine rings is 2. The summed E-state index contributed by atoms with van der Waals surface area (Å²) < 4.78 is 14.1. The van der Waals surface area contributed by atoms with E-state index in [0.717, 1.165) is 46.8 Å². The molecule has 31 heavy (non-hydrogen) atoms. The Morgan fingerprint density at radius 2 is 1.97 bits per heavy atom. The number of allylic oxidation sites excluding steroid dienone is 5. The first kappa shape index (κ1) is 21.0. The van der Waals surface area contributed by atoms with E-state index in [4.69, 9.17) is 11.6 Å². The van der Waals surface area contributed by atoms with E-state index >= 15 is 0 Å². The van der Waals surface area contributed by atoms with Crippen molar-refractivity contribution in [2.45, 2.75) is 19.8 Å². The van der Waals surface area contributed by atoms with E-state index in [2.05, 4.69) is 33.6 Å². The molecule has 4 rings (SSSR count). The van der Waals surface area contributed by atoms with Gasteiger partial charge in [0.2, 0.25) is 0 Å². The summed E-state index contributed by atoms with van der Waals surface area (Å²) in [6.45, 7) is 5.92. The van der Waals surface area contributed by atoms with E-state index < -0.39 is 5.82 Å². The maximum absolute atomic E-state index is 14.1. The molecule has 156 valence electrons. The van der Waals surface area contributed by atoms with E-state index in [1.807, 2.05) is 38.4 Å². The van der Waals surface area contributed by atoms with E-state index in [0.29, 0.717) is 5.56 Å². The average molecular weight is 432 g/mol. The van der Waals surface area contributed by atoms with Crippen LogP contribution in [-0.2, 0) is 6.42 Å². The highest BCUT2D eigenvalue weighted by atomic mass is 35.5. The van der Waals surface area contributed by atoms with Gasteiger partial charge in [0.25, 0.3) is 0 Å². The quantitative estimate of drug-likeness (QED) is 0.424. The first-order chi connectivity index (χ1) is 15.0. The predicted molar refractivity (Wildman–Crippen MR) is 126 cm³/mol. The lowest BCUT2D eigenvalue weighted by molar-refractivity contribution is 0.628. The van der Waals surface area contributed by atoms with E-state index in [-0.39, 0.29) is 5.02 Å². The van der Waals surface area contributed by atoms with Gasteiger partial charge >= 0.3 is 0 Å². The van der Waals surface area contributed by atoms with Crippen LogP contribution in [0.2, 0.25) is 5.02 Å². The van der Waals surface area contributed by atoms with Crippen molar-refractivity contribution < 1.29 is 4.39 Å². The van der Waals surface area contributed by atoms with Crippen LogP contribution >= 0.6 is 11.6 Å². The number of halogens is 2. The van der Waals surface area contributed by atoms with Crippen molar-refractivity contribution in [1.82, 2.24) is 9.97 Å². The van der Waals surface area contributed by atoms with Gasteiger partial charge in [-0.1, -0.05) is 42.5 Å². The van der Waals surface area contributed by atoms with Gasteiger partial charge in [0, 0.05) is 35.8 Å². The Hall–Kier alpha value is -3.24. The Bertz CT molecular complexity index is 1200. The Morgan fingerprint density at radius 3 is 2.71 bits per heavy atom. The number of fused-ring (bicyclic) bond motifs is 1. The number of aromatic nitrogens is 2. The third-order valence-electron chi connectivity index (χ3n) is 5.56. The zero-order valence-corrected chi connectivity index (χ0v) is 18.3. The van der Waals surface area contributed by atoms with Crippen molar-refractivity contribution in [2.75, 3.05) is 11.9 Å². The molecule has 0 bridgehead atoms. The Labute approximate surface area is 187 Å². The van der Waals surface area contributed by atoms with Crippen molar-refractivity contribution in [1.29, 1.82) is 0 Å². The smallest absolute Gasteiger partial charge is 0.142 e. The van der Waals surface area contributed by atoms with Crippen LogP contribution in [0.3, 0.4) is 0 Å². The molecule has 0 fully saturated rings. The maximum Gasteiger partial charge on any atom is 0.142 e. The zero-order chi connectivity index (χ0) is 22.0. The Morgan fingerprint density at radius 1 is 1.13 bits per heavy atom. The molecular weight excluding hydrogens is 409 g/mol. The van der Waals surface area contributed by atoms with E-state index in [1.165, 1.54) is 11.6 Å². The number of rotatable bonds is 5. The number of aryl methyl sites for hydroxylation is 2. The summed E-state index contributed by atoms with van der Waals surface area (Å²) in [5.41, 5.74) is 7.50. The molecule has 1 aliphatic rings. The molecule has 5 heteroatoms. The molecule has 0 unspecified atom stereocenters. The summed E-state index contributed by atoms with van der Waals surface area (Å²) in [5.74, 6) is -0.453. The number of nitrogens with zero attached hydrogens (tertiary/aromatic N) is 3. The normalized spacial score (nSPS) is 13.7. The summed E-state index contributed by atoms with van der Waals surface area (Å²) in [7, 11) is 2.03. The van der Waals surface area contributed by atoms with Crippen LogP contribution in [0.5, 0.6) is 0 Å². The monoisotopic (exact) mass is 431 g/mol. The van der Waals surface area contributed by atoms with Crippen LogP contribution in [0.15, 0.2) is 79.3 Å². The summed E-state index contributed by atoms with van der Waals surface area (Å²) in [5, 5.41) is 0.0870. The van der Waals surface area contributed by atoms with Gasteiger partial charge in [-0.2, -0.15) is 0 Å². The second-order valence-electron chi connectivity index (χ2n) is 7.49. The van der Waals surface area contributed by atoms with Crippen molar-refractivity contribution in [3.8, 4) is 0 Å². The van der Waals surface area contributed by atoms with Gasteiger partial charge in [-0.15, -0.1) is 0 Å². The Balaban J connectivity index is 1.91. The minimum absolute atomic E-state index is 0.0870. The number of anilines is 1. The molecule has 0 saturated heterocycles.